The number of fused-ring (bicyclic) bond motifs is 9. The van der Waals surface area contributed by atoms with E-state index < -0.39 is 17.9 Å². The predicted molar refractivity (Wildman–Crippen MR) is 66.2 cm³/mol. The second kappa shape index (κ2) is 3.62. The van der Waals surface area contributed by atoms with E-state index in [1.54, 1.807) is 0 Å². The first-order valence-electron chi connectivity index (χ1n) is 7.22. The number of hydrogen-bond donors (Lipinski definition) is 2. The van der Waals surface area contributed by atoms with Gasteiger partial charge in [0.05, 0.1) is 0 Å². The third-order valence-corrected chi connectivity index (χ3v) is 6.28. The molecule has 4 bridgehead atoms. The van der Waals surface area contributed by atoms with Crippen LogP contribution in [0.2, 0.25) is 0 Å². The second-order valence-electron chi connectivity index (χ2n) is 6.82. The van der Waals surface area contributed by atoms with Crippen LogP contribution in [0.1, 0.15) is 19.3 Å². The Bertz CT molecular complexity index is 469. The lowest BCUT2D eigenvalue weighted by atomic mass is 9.66. The van der Waals surface area contributed by atoms with Crippen LogP contribution in [0.5, 0.6) is 0 Å². The fourth-order valence-corrected chi connectivity index (χ4v) is 5.92. The minimum atomic E-state index is -1.20. The van der Waals surface area contributed by atoms with Crippen LogP contribution in [0, 0.1) is 47.3 Å². The smallest absolute Gasteiger partial charge is 0.318 e. The molecule has 7 atom stereocenters. The first kappa shape index (κ1) is 11.5. The van der Waals surface area contributed by atoms with E-state index in [1.807, 2.05) is 0 Å². The Morgan fingerprint density at radius 2 is 1.58 bits per heavy atom. The van der Waals surface area contributed by atoms with Gasteiger partial charge in [-0.3, -0.25) is 9.59 Å². The highest BCUT2D eigenvalue weighted by molar-refractivity contribution is 5.93. The molecule has 0 aromatic heterocycles. The fourth-order valence-electron chi connectivity index (χ4n) is 5.92. The molecule has 3 saturated carbocycles. The van der Waals surface area contributed by atoms with Crippen LogP contribution in [0.25, 0.3) is 0 Å². The Balaban J connectivity index is 1.64. The molecule has 2 N–H and O–H groups in total. The summed E-state index contributed by atoms with van der Waals surface area (Å²) in [5, 5.41) is 18.4. The molecular formula is C15H18O4. The van der Waals surface area contributed by atoms with Crippen molar-refractivity contribution >= 4 is 11.9 Å². The summed E-state index contributed by atoms with van der Waals surface area (Å²) in [5.74, 6) is -0.170. The zero-order chi connectivity index (χ0) is 13.3. The van der Waals surface area contributed by atoms with E-state index >= 15 is 0 Å². The van der Waals surface area contributed by atoms with Gasteiger partial charge in [-0.25, -0.2) is 0 Å². The Kier molecular flexibility index (Phi) is 2.19. The van der Waals surface area contributed by atoms with Gasteiger partial charge in [0.25, 0.3) is 0 Å². The second-order valence-corrected chi connectivity index (χ2v) is 6.82. The van der Waals surface area contributed by atoms with Crippen LogP contribution >= 0.6 is 0 Å². The van der Waals surface area contributed by atoms with Crippen molar-refractivity contribution in [3.8, 4) is 0 Å². The summed E-state index contributed by atoms with van der Waals surface area (Å²) in [5.41, 5.74) is 0. The van der Waals surface area contributed by atoms with Crippen molar-refractivity contribution in [3.63, 3.8) is 0 Å². The number of aliphatic carboxylic acids is 2. The van der Waals surface area contributed by atoms with Gasteiger partial charge in [-0.2, -0.15) is 0 Å². The molecule has 102 valence electrons. The molecular weight excluding hydrogens is 244 g/mol. The molecule has 0 aliphatic heterocycles. The number of carboxylic acid groups (broad SMARTS) is 2. The van der Waals surface area contributed by atoms with Crippen LogP contribution in [0.4, 0.5) is 0 Å². The molecule has 19 heavy (non-hydrogen) atoms. The van der Waals surface area contributed by atoms with Crippen molar-refractivity contribution in [1.29, 1.82) is 0 Å². The zero-order valence-electron chi connectivity index (χ0n) is 10.6. The number of allylic oxidation sites excluding steroid dienone is 2. The third-order valence-electron chi connectivity index (χ3n) is 6.28. The normalized spacial score (nSPS) is 49.0. The predicted octanol–water partition coefficient (Wildman–Crippen LogP) is 1.87. The van der Waals surface area contributed by atoms with Gasteiger partial charge in [0.15, 0.2) is 5.92 Å². The standard InChI is InChI=1S/C15H18O4/c16-14(17)13(15(18)19)10-5-8-4-9(10)12-7-2-1-6(3-7)11(8)12/h1-2,6-13H,3-5H2,(H,16,17)(H,18,19). The lowest BCUT2D eigenvalue weighted by Crippen LogP contribution is -2.40. The number of carboxylic acids is 2. The Morgan fingerprint density at radius 1 is 0.947 bits per heavy atom. The van der Waals surface area contributed by atoms with Gasteiger partial charge in [0.2, 0.25) is 0 Å². The largest absolute Gasteiger partial charge is 0.481 e. The Morgan fingerprint density at radius 3 is 2.21 bits per heavy atom. The Hall–Kier alpha value is -1.32. The minimum Gasteiger partial charge on any atom is -0.481 e. The molecule has 0 aromatic rings. The quantitative estimate of drug-likeness (QED) is 0.462. The van der Waals surface area contributed by atoms with Crippen LogP contribution < -0.4 is 0 Å². The van der Waals surface area contributed by atoms with Crippen molar-refractivity contribution in [2.45, 2.75) is 19.3 Å². The monoisotopic (exact) mass is 262 g/mol. The summed E-state index contributed by atoms with van der Waals surface area (Å²) in [4.78, 5) is 22.5. The van der Waals surface area contributed by atoms with Crippen LogP contribution in [-0.2, 0) is 9.59 Å². The molecule has 4 nitrogen and oxygen atoms in total. The zero-order valence-corrected chi connectivity index (χ0v) is 10.6. The van der Waals surface area contributed by atoms with E-state index in [-0.39, 0.29) is 5.92 Å². The average Bonchev–Trinajstić information content (AvgIpc) is 3.06. The van der Waals surface area contributed by atoms with Crippen molar-refractivity contribution in [2.24, 2.45) is 47.3 Å². The molecule has 4 heteroatoms. The van der Waals surface area contributed by atoms with Gasteiger partial charge in [-0.15, -0.1) is 0 Å². The fraction of sp³-hybridized carbons (Fsp3) is 0.733. The third kappa shape index (κ3) is 1.35. The van der Waals surface area contributed by atoms with E-state index in [1.165, 1.54) is 6.42 Å². The van der Waals surface area contributed by atoms with E-state index in [2.05, 4.69) is 12.2 Å². The Labute approximate surface area is 111 Å². The summed E-state index contributed by atoms with van der Waals surface area (Å²) >= 11 is 0. The summed E-state index contributed by atoms with van der Waals surface area (Å²) < 4.78 is 0. The van der Waals surface area contributed by atoms with Gasteiger partial charge in [0.1, 0.15) is 0 Å². The molecule has 3 fully saturated rings. The molecule has 0 amide bonds. The molecule has 0 saturated heterocycles. The first-order valence-corrected chi connectivity index (χ1v) is 7.22. The highest BCUT2D eigenvalue weighted by Gasteiger charge is 2.63. The summed E-state index contributed by atoms with van der Waals surface area (Å²) in [6, 6.07) is 0. The number of hydrogen-bond acceptors (Lipinski definition) is 2. The van der Waals surface area contributed by atoms with Crippen LogP contribution in [0.15, 0.2) is 12.2 Å². The summed E-state index contributed by atoms with van der Waals surface area (Å²) in [7, 11) is 0. The molecule has 0 aromatic carbocycles. The summed E-state index contributed by atoms with van der Waals surface area (Å²) in [6.45, 7) is 0. The highest BCUT2D eigenvalue weighted by Crippen LogP contribution is 2.67. The lowest BCUT2D eigenvalue weighted by molar-refractivity contribution is -0.159. The number of rotatable bonds is 3. The van der Waals surface area contributed by atoms with Crippen molar-refractivity contribution in [3.05, 3.63) is 12.2 Å². The molecule has 4 aliphatic rings. The molecule has 0 spiro atoms. The van der Waals surface area contributed by atoms with Crippen LogP contribution in [0.3, 0.4) is 0 Å². The molecule has 4 aliphatic carbocycles. The number of carbonyl (C=O) groups is 2. The maximum Gasteiger partial charge on any atom is 0.318 e. The van der Waals surface area contributed by atoms with E-state index in [0.717, 1.165) is 18.8 Å². The van der Waals surface area contributed by atoms with E-state index in [9.17, 15) is 19.8 Å². The first-order chi connectivity index (χ1) is 9.08. The van der Waals surface area contributed by atoms with Crippen molar-refractivity contribution < 1.29 is 19.8 Å². The molecule has 0 radical (unpaired) electrons. The van der Waals surface area contributed by atoms with Crippen molar-refractivity contribution in [2.75, 3.05) is 0 Å². The topological polar surface area (TPSA) is 74.6 Å². The van der Waals surface area contributed by atoms with Gasteiger partial charge < -0.3 is 10.2 Å². The molecule has 0 heterocycles. The summed E-state index contributed by atoms with van der Waals surface area (Å²) in [6.07, 6.45) is 7.73. The maximum atomic E-state index is 11.3. The van der Waals surface area contributed by atoms with Crippen LogP contribution in [-0.4, -0.2) is 22.2 Å². The molecule has 7 unspecified atom stereocenters. The van der Waals surface area contributed by atoms with Gasteiger partial charge in [-0.1, -0.05) is 12.2 Å². The van der Waals surface area contributed by atoms with E-state index in [0.29, 0.717) is 29.6 Å². The van der Waals surface area contributed by atoms with Gasteiger partial charge in [0, 0.05) is 0 Å². The molecule has 4 rings (SSSR count). The van der Waals surface area contributed by atoms with E-state index in [4.69, 9.17) is 0 Å². The SMILES string of the molecule is O=C(O)C(C(=O)O)C1CC2CC1C1C3C=CC(C3)C21. The minimum absolute atomic E-state index is 0.144. The maximum absolute atomic E-state index is 11.3. The lowest BCUT2D eigenvalue weighted by Gasteiger charge is -2.37. The van der Waals surface area contributed by atoms with Crippen molar-refractivity contribution in [1.82, 2.24) is 0 Å². The van der Waals surface area contributed by atoms with Gasteiger partial charge >= 0.3 is 11.9 Å². The van der Waals surface area contributed by atoms with Gasteiger partial charge in [-0.05, 0) is 60.7 Å². The highest BCUT2D eigenvalue weighted by atomic mass is 16.4. The average molecular weight is 262 g/mol.